The van der Waals surface area contributed by atoms with Crippen molar-refractivity contribution in [1.82, 2.24) is 0 Å². The van der Waals surface area contributed by atoms with Crippen molar-refractivity contribution >= 4 is 11.9 Å². The van der Waals surface area contributed by atoms with E-state index in [9.17, 15) is 9.59 Å². The molecule has 0 heterocycles. The molecule has 0 saturated carbocycles. The van der Waals surface area contributed by atoms with E-state index in [1.807, 2.05) is 52.8 Å². The van der Waals surface area contributed by atoms with E-state index in [0.29, 0.717) is 36.9 Å². The predicted molar refractivity (Wildman–Crippen MR) is 124 cm³/mol. The van der Waals surface area contributed by atoms with Gasteiger partial charge in [0, 0.05) is 12.5 Å². The van der Waals surface area contributed by atoms with Gasteiger partial charge in [-0.15, -0.1) is 0 Å². The first-order valence-electron chi connectivity index (χ1n) is 10.3. The molecule has 172 valence electrons. The smallest absolute Gasteiger partial charge is 0.328 e. The minimum absolute atomic E-state index is 0.272. The van der Waals surface area contributed by atoms with Crippen LogP contribution in [-0.2, 0) is 9.59 Å². The van der Waals surface area contributed by atoms with Gasteiger partial charge >= 0.3 is 11.9 Å². The third-order valence-corrected chi connectivity index (χ3v) is 3.48. The molecular formula is C25H36O6. The lowest BCUT2D eigenvalue weighted by atomic mass is 10.2. The quantitative estimate of drug-likeness (QED) is 0.208. The summed E-state index contributed by atoms with van der Waals surface area (Å²) in [4.78, 5) is 21.6. The number of hydrogen-bond donors (Lipinski definition) is 1. The Morgan fingerprint density at radius 2 is 1.42 bits per heavy atom. The molecule has 1 rings (SSSR count). The van der Waals surface area contributed by atoms with Crippen LogP contribution >= 0.6 is 0 Å². The fourth-order valence-corrected chi connectivity index (χ4v) is 2.05. The van der Waals surface area contributed by atoms with Gasteiger partial charge in [0.25, 0.3) is 0 Å². The van der Waals surface area contributed by atoms with Gasteiger partial charge < -0.3 is 19.3 Å². The summed E-state index contributed by atoms with van der Waals surface area (Å²) in [5, 5.41) is 8.01. The Balaban J connectivity index is 0.00000110. The van der Waals surface area contributed by atoms with Crippen LogP contribution in [0.1, 0.15) is 61.3 Å². The van der Waals surface area contributed by atoms with E-state index < -0.39 is 5.97 Å². The predicted octanol–water partition coefficient (Wildman–Crippen LogP) is 6.12. The van der Waals surface area contributed by atoms with E-state index in [0.717, 1.165) is 17.6 Å². The molecule has 0 fully saturated rings. The molecule has 6 nitrogen and oxygen atoms in total. The number of allylic oxidation sites excluding steroid dienone is 3. The molecule has 0 radical (unpaired) electrons. The first kappa shape index (κ1) is 28.0. The number of benzene rings is 1. The molecule has 1 aromatic rings. The molecule has 0 aliphatic rings. The summed E-state index contributed by atoms with van der Waals surface area (Å²) in [5.74, 6) is 0.273. The fraction of sp³-hybridized carbons (Fsp3) is 0.440. The standard InChI is InChI=1S/C20H28O4.C5H8O2/c1-6-8-19(21)24-18-10-7-9-17(22-13-11-15(2)3)20(18)23-14-12-16(4)5;1-4(2)3-5(6)7/h7,9-12H,6,8,13-14H2,1-5H3;3H,1-2H3,(H,6,7). The van der Waals surface area contributed by atoms with Crippen LogP contribution in [0.2, 0.25) is 0 Å². The molecule has 31 heavy (non-hydrogen) atoms. The highest BCUT2D eigenvalue weighted by Gasteiger charge is 2.15. The summed E-state index contributed by atoms with van der Waals surface area (Å²) in [7, 11) is 0. The average Bonchev–Trinajstić information content (AvgIpc) is 2.62. The van der Waals surface area contributed by atoms with E-state index in [1.165, 1.54) is 11.6 Å². The minimum atomic E-state index is -0.875. The number of para-hydroxylation sites is 1. The number of carboxylic acids is 1. The third kappa shape index (κ3) is 14.6. The Morgan fingerprint density at radius 1 is 0.871 bits per heavy atom. The molecule has 0 unspecified atom stereocenters. The summed E-state index contributed by atoms with van der Waals surface area (Å²) < 4.78 is 17.0. The van der Waals surface area contributed by atoms with E-state index in [4.69, 9.17) is 19.3 Å². The van der Waals surface area contributed by atoms with E-state index >= 15 is 0 Å². The second kappa shape index (κ2) is 15.8. The van der Waals surface area contributed by atoms with Gasteiger partial charge in [0.1, 0.15) is 13.2 Å². The van der Waals surface area contributed by atoms with Gasteiger partial charge in [0.2, 0.25) is 5.75 Å². The maximum Gasteiger partial charge on any atom is 0.328 e. The van der Waals surface area contributed by atoms with Crippen LogP contribution in [0.25, 0.3) is 0 Å². The average molecular weight is 433 g/mol. The lowest BCUT2D eigenvalue weighted by Gasteiger charge is -2.15. The molecule has 0 atom stereocenters. The highest BCUT2D eigenvalue weighted by molar-refractivity contribution is 5.80. The van der Waals surface area contributed by atoms with Crippen molar-refractivity contribution in [2.45, 2.75) is 61.3 Å². The van der Waals surface area contributed by atoms with Gasteiger partial charge in [-0.25, -0.2) is 4.79 Å². The number of hydrogen-bond acceptors (Lipinski definition) is 5. The van der Waals surface area contributed by atoms with E-state index in [2.05, 4.69) is 0 Å². The summed E-state index contributed by atoms with van der Waals surface area (Å²) in [6.45, 7) is 14.3. The number of carbonyl (C=O) groups is 2. The van der Waals surface area contributed by atoms with Crippen molar-refractivity contribution in [3.63, 3.8) is 0 Å². The summed E-state index contributed by atoms with van der Waals surface area (Å²) in [6, 6.07) is 5.33. The van der Waals surface area contributed by atoms with Crippen molar-refractivity contribution in [1.29, 1.82) is 0 Å². The van der Waals surface area contributed by atoms with Crippen LogP contribution in [0.5, 0.6) is 17.2 Å². The van der Waals surface area contributed by atoms with Gasteiger partial charge in [-0.3, -0.25) is 4.79 Å². The number of aliphatic carboxylic acids is 1. The Morgan fingerprint density at radius 3 is 1.87 bits per heavy atom. The first-order valence-corrected chi connectivity index (χ1v) is 10.3. The molecule has 0 aromatic heterocycles. The van der Waals surface area contributed by atoms with Gasteiger partial charge in [-0.1, -0.05) is 29.7 Å². The van der Waals surface area contributed by atoms with Crippen LogP contribution in [0.15, 0.2) is 53.1 Å². The molecule has 0 aliphatic carbocycles. The molecule has 0 saturated heterocycles. The van der Waals surface area contributed by atoms with Crippen molar-refractivity contribution in [3.05, 3.63) is 53.1 Å². The van der Waals surface area contributed by atoms with Crippen molar-refractivity contribution in [2.75, 3.05) is 13.2 Å². The molecular weight excluding hydrogens is 396 g/mol. The topological polar surface area (TPSA) is 82.1 Å². The SMILES string of the molecule is CC(C)=CC(=O)O.CCCC(=O)Oc1cccc(OCC=C(C)C)c1OCC=C(C)C. The molecule has 0 amide bonds. The molecule has 1 aromatic carbocycles. The second-order valence-corrected chi connectivity index (χ2v) is 7.55. The maximum atomic E-state index is 11.8. The normalized spacial score (nSPS) is 9.39. The number of carboxylic acid groups (broad SMARTS) is 1. The Labute approximate surface area is 186 Å². The molecule has 6 heteroatoms. The highest BCUT2D eigenvalue weighted by atomic mass is 16.6. The molecule has 1 N–H and O–H groups in total. The van der Waals surface area contributed by atoms with Crippen molar-refractivity contribution in [2.24, 2.45) is 0 Å². The number of ether oxygens (including phenoxy) is 3. The van der Waals surface area contributed by atoms with Crippen molar-refractivity contribution in [3.8, 4) is 17.2 Å². The molecule has 0 bridgehead atoms. The largest absolute Gasteiger partial charge is 0.485 e. The van der Waals surface area contributed by atoms with E-state index in [-0.39, 0.29) is 5.97 Å². The van der Waals surface area contributed by atoms with Gasteiger partial charge in [-0.05, 0) is 72.2 Å². The van der Waals surface area contributed by atoms with Crippen LogP contribution < -0.4 is 14.2 Å². The van der Waals surface area contributed by atoms with Gasteiger partial charge in [0.15, 0.2) is 11.5 Å². The summed E-state index contributed by atoms with van der Waals surface area (Å²) in [5.41, 5.74) is 3.14. The highest BCUT2D eigenvalue weighted by Crippen LogP contribution is 2.37. The zero-order valence-electron chi connectivity index (χ0n) is 19.8. The summed E-state index contributed by atoms with van der Waals surface area (Å²) in [6.07, 6.45) is 6.22. The maximum absolute atomic E-state index is 11.8. The number of rotatable bonds is 10. The zero-order valence-corrected chi connectivity index (χ0v) is 19.8. The molecule has 0 aliphatic heterocycles. The van der Waals surface area contributed by atoms with Crippen molar-refractivity contribution < 1.29 is 28.9 Å². The Bertz CT molecular complexity index is 790. The lowest BCUT2D eigenvalue weighted by Crippen LogP contribution is -2.09. The fourth-order valence-electron chi connectivity index (χ4n) is 2.05. The van der Waals surface area contributed by atoms with E-state index in [1.54, 1.807) is 26.0 Å². The third-order valence-electron chi connectivity index (χ3n) is 3.48. The monoisotopic (exact) mass is 432 g/mol. The van der Waals surface area contributed by atoms with Crippen LogP contribution in [0.3, 0.4) is 0 Å². The number of carbonyl (C=O) groups excluding carboxylic acids is 1. The lowest BCUT2D eigenvalue weighted by molar-refractivity contribution is -0.134. The van der Waals surface area contributed by atoms with Crippen LogP contribution in [-0.4, -0.2) is 30.3 Å². The van der Waals surface area contributed by atoms with Gasteiger partial charge in [-0.2, -0.15) is 0 Å². The van der Waals surface area contributed by atoms with Crippen LogP contribution in [0, 0.1) is 0 Å². The first-order chi connectivity index (χ1) is 14.6. The second-order valence-electron chi connectivity index (χ2n) is 7.55. The van der Waals surface area contributed by atoms with Crippen LogP contribution in [0.4, 0.5) is 0 Å². The molecule has 0 spiro atoms. The van der Waals surface area contributed by atoms with Gasteiger partial charge in [0.05, 0.1) is 0 Å². The Hall–Kier alpha value is -3.02. The Kier molecular flexibility index (Phi) is 14.2. The zero-order chi connectivity index (χ0) is 23.8. The number of esters is 1. The minimum Gasteiger partial charge on any atom is -0.485 e. The summed E-state index contributed by atoms with van der Waals surface area (Å²) >= 11 is 0.